The molecule has 0 unspecified atom stereocenters. The molecule has 0 fully saturated rings. The molecule has 0 spiro atoms. The Balaban J connectivity index is 2.16. The lowest BCUT2D eigenvalue weighted by Crippen LogP contribution is -2.30. The highest BCUT2D eigenvalue weighted by molar-refractivity contribution is 14.1. The van der Waals surface area contributed by atoms with Gasteiger partial charge in [-0.2, -0.15) is 0 Å². The Kier molecular flexibility index (Phi) is 7.04. The second-order valence-electron chi connectivity index (χ2n) is 4.16. The molecule has 0 aliphatic rings. The fourth-order valence-corrected chi connectivity index (χ4v) is 1.66. The van der Waals surface area contributed by atoms with Crippen molar-refractivity contribution < 1.29 is 9.53 Å². The van der Waals surface area contributed by atoms with Gasteiger partial charge in [-0.3, -0.25) is 0 Å². The van der Waals surface area contributed by atoms with E-state index in [1.54, 1.807) is 0 Å². The summed E-state index contributed by atoms with van der Waals surface area (Å²) in [6, 6.07) is 7.48. The first-order chi connectivity index (χ1) is 8.58. The van der Waals surface area contributed by atoms with Crippen molar-refractivity contribution in [2.45, 2.75) is 26.4 Å². The summed E-state index contributed by atoms with van der Waals surface area (Å²) in [5.41, 5.74) is 0.798. The van der Waals surface area contributed by atoms with Crippen LogP contribution in [0.4, 0.5) is 10.5 Å². The van der Waals surface area contributed by atoms with Gasteiger partial charge >= 0.3 is 6.03 Å². The lowest BCUT2D eigenvalue weighted by molar-refractivity contribution is 0.0775. The van der Waals surface area contributed by atoms with Crippen molar-refractivity contribution in [2.75, 3.05) is 18.5 Å². The SMILES string of the molecule is CC(C)OCCCNC(=O)Nc1ccc(I)cc1. The highest BCUT2D eigenvalue weighted by atomic mass is 127. The highest BCUT2D eigenvalue weighted by Gasteiger charge is 2.00. The minimum Gasteiger partial charge on any atom is -0.379 e. The fourth-order valence-electron chi connectivity index (χ4n) is 1.30. The van der Waals surface area contributed by atoms with Crippen molar-refractivity contribution in [3.05, 3.63) is 27.8 Å². The molecule has 0 atom stereocenters. The second-order valence-corrected chi connectivity index (χ2v) is 5.41. The minimum absolute atomic E-state index is 0.180. The Labute approximate surface area is 122 Å². The van der Waals surface area contributed by atoms with E-state index < -0.39 is 0 Å². The van der Waals surface area contributed by atoms with Gasteiger partial charge in [0.15, 0.2) is 0 Å². The zero-order valence-electron chi connectivity index (χ0n) is 10.7. The van der Waals surface area contributed by atoms with Crippen LogP contribution in [0.15, 0.2) is 24.3 Å². The molecule has 0 aliphatic heterocycles. The van der Waals surface area contributed by atoms with Gasteiger partial charge in [0.1, 0.15) is 0 Å². The third kappa shape index (κ3) is 6.80. The van der Waals surface area contributed by atoms with E-state index in [4.69, 9.17) is 4.74 Å². The number of benzene rings is 1. The lowest BCUT2D eigenvalue weighted by Gasteiger charge is -2.09. The van der Waals surface area contributed by atoms with Crippen LogP contribution in [0, 0.1) is 3.57 Å². The van der Waals surface area contributed by atoms with Crippen LogP contribution in [0.3, 0.4) is 0 Å². The van der Waals surface area contributed by atoms with Crippen molar-refractivity contribution in [3.63, 3.8) is 0 Å². The van der Waals surface area contributed by atoms with Gasteiger partial charge in [-0.05, 0) is 67.1 Å². The summed E-state index contributed by atoms with van der Waals surface area (Å²) in [6.45, 7) is 5.28. The van der Waals surface area contributed by atoms with Crippen LogP contribution in [0.2, 0.25) is 0 Å². The summed E-state index contributed by atoms with van der Waals surface area (Å²) in [4.78, 5) is 11.5. The zero-order chi connectivity index (χ0) is 13.4. The Hall–Kier alpha value is -0.820. The zero-order valence-corrected chi connectivity index (χ0v) is 12.9. The Morgan fingerprint density at radius 1 is 1.33 bits per heavy atom. The number of hydrogen-bond donors (Lipinski definition) is 2. The number of urea groups is 1. The third-order valence-electron chi connectivity index (χ3n) is 2.16. The van der Waals surface area contributed by atoms with Crippen molar-refractivity contribution in [1.82, 2.24) is 5.32 Å². The minimum atomic E-state index is -0.180. The van der Waals surface area contributed by atoms with E-state index in [2.05, 4.69) is 33.2 Å². The van der Waals surface area contributed by atoms with Crippen molar-refractivity contribution in [2.24, 2.45) is 0 Å². The Morgan fingerprint density at radius 3 is 2.61 bits per heavy atom. The standard InChI is InChI=1S/C13H19IN2O2/c1-10(2)18-9-3-8-15-13(17)16-12-6-4-11(14)5-7-12/h4-7,10H,3,8-9H2,1-2H3,(H2,15,16,17). The molecule has 0 saturated heterocycles. The normalized spacial score (nSPS) is 10.4. The number of carbonyl (C=O) groups excluding carboxylic acids is 1. The van der Waals surface area contributed by atoms with Gasteiger partial charge in [0.25, 0.3) is 0 Å². The van der Waals surface area contributed by atoms with Crippen LogP contribution in [-0.4, -0.2) is 25.3 Å². The first kappa shape index (κ1) is 15.2. The monoisotopic (exact) mass is 362 g/mol. The number of ether oxygens (including phenoxy) is 1. The van der Waals surface area contributed by atoms with Crippen molar-refractivity contribution in [3.8, 4) is 0 Å². The van der Waals surface area contributed by atoms with E-state index in [0.717, 1.165) is 15.7 Å². The molecule has 18 heavy (non-hydrogen) atoms. The molecule has 0 aromatic heterocycles. The number of halogens is 1. The van der Waals surface area contributed by atoms with E-state index in [9.17, 15) is 4.79 Å². The first-order valence-electron chi connectivity index (χ1n) is 6.00. The van der Waals surface area contributed by atoms with Crippen LogP contribution in [0.5, 0.6) is 0 Å². The number of amides is 2. The van der Waals surface area contributed by atoms with Crippen molar-refractivity contribution in [1.29, 1.82) is 0 Å². The molecule has 0 saturated carbocycles. The Bertz CT molecular complexity index is 366. The molecule has 1 rings (SSSR count). The van der Waals surface area contributed by atoms with Crippen LogP contribution >= 0.6 is 22.6 Å². The van der Waals surface area contributed by atoms with E-state index in [-0.39, 0.29) is 12.1 Å². The summed E-state index contributed by atoms with van der Waals surface area (Å²) in [5.74, 6) is 0. The molecular weight excluding hydrogens is 343 g/mol. The number of carbonyl (C=O) groups is 1. The van der Waals surface area contributed by atoms with Gasteiger partial charge in [0.05, 0.1) is 6.10 Å². The predicted molar refractivity (Wildman–Crippen MR) is 81.9 cm³/mol. The molecule has 4 nitrogen and oxygen atoms in total. The van der Waals surface area contributed by atoms with Gasteiger partial charge in [-0.15, -0.1) is 0 Å². The fraction of sp³-hybridized carbons (Fsp3) is 0.462. The molecule has 2 amide bonds. The van der Waals surface area contributed by atoms with Gasteiger partial charge in [0.2, 0.25) is 0 Å². The van der Waals surface area contributed by atoms with Gasteiger partial charge in [0, 0.05) is 22.4 Å². The van der Waals surface area contributed by atoms with E-state index in [1.807, 2.05) is 38.1 Å². The lowest BCUT2D eigenvalue weighted by atomic mass is 10.3. The molecule has 1 aromatic carbocycles. The topological polar surface area (TPSA) is 50.4 Å². The van der Waals surface area contributed by atoms with E-state index in [0.29, 0.717) is 13.2 Å². The number of nitrogens with one attached hydrogen (secondary N) is 2. The molecule has 100 valence electrons. The number of anilines is 1. The van der Waals surface area contributed by atoms with Crippen molar-refractivity contribution >= 4 is 34.3 Å². The van der Waals surface area contributed by atoms with E-state index >= 15 is 0 Å². The van der Waals surface area contributed by atoms with Gasteiger partial charge in [-0.25, -0.2) is 4.79 Å². The maximum atomic E-state index is 11.5. The van der Waals surface area contributed by atoms with Crippen LogP contribution in [0.1, 0.15) is 20.3 Å². The molecule has 1 aromatic rings. The highest BCUT2D eigenvalue weighted by Crippen LogP contribution is 2.10. The third-order valence-corrected chi connectivity index (χ3v) is 2.88. The average molecular weight is 362 g/mol. The first-order valence-corrected chi connectivity index (χ1v) is 7.08. The molecule has 5 heteroatoms. The molecular formula is C13H19IN2O2. The average Bonchev–Trinajstić information content (AvgIpc) is 2.31. The summed E-state index contributed by atoms with van der Waals surface area (Å²) < 4.78 is 6.53. The quantitative estimate of drug-likeness (QED) is 0.603. The largest absolute Gasteiger partial charge is 0.379 e. The van der Waals surface area contributed by atoms with Gasteiger partial charge < -0.3 is 15.4 Å². The molecule has 0 heterocycles. The smallest absolute Gasteiger partial charge is 0.319 e. The molecule has 0 radical (unpaired) electrons. The molecule has 2 N–H and O–H groups in total. The summed E-state index contributed by atoms with van der Waals surface area (Å²) >= 11 is 2.22. The second kappa shape index (κ2) is 8.31. The van der Waals surface area contributed by atoms with Gasteiger partial charge in [-0.1, -0.05) is 0 Å². The van der Waals surface area contributed by atoms with Crippen LogP contribution in [0.25, 0.3) is 0 Å². The van der Waals surface area contributed by atoms with Crippen LogP contribution < -0.4 is 10.6 Å². The van der Waals surface area contributed by atoms with Crippen LogP contribution in [-0.2, 0) is 4.74 Å². The predicted octanol–water partition coefficient (Wildman–Crippen LogP) is 3.23. The maximum Gasteiger partial charge on any atom is 0.319 e. The number of rotatable bonds is 6. The summed E-state index contributed by atoms with van der Waals surface area (Å²) in [6.07, 6.45) is 1.06. The maximum absolute atomic E-state index is 11.5. The van der Waals surface area contributed by atoms with E-state index in [1.165, 1.54) is 0 Å². The Morgan fingerprint density at radius 2 is 2.00 bits per heavy atom. The number of hydrogen-bond acceptors (Lipinski definition) is 2. The molecule has 0 aliphatic carbocycles. The molecule has 0 bridgehead atoms. The summed E-state index contributed by atoms with van der Waals surface area (Å²) in [5, 5.41) is 5.56. The summed E-state index contributed by atoms with van der Waals surface area (Å²) in [7, 11) is 0.